The van der Waals surface area contributed by atoms with Gasteiger partial charge in [-0.15, -0.1) is 0 Å². The second-order valence-electron chi connectivity index (χ2n) is 5.94. The fourth-order valence-corrected chi connectivity index (χ4v) is 2.35. The summed E-state index contributed by atoms with van der Waals surface area (Å²) < 4.78 is 31.7. The molecule has 1 fully saturated rings. The number of carbonyl (C=O) groups excluding carboxylic acids is 1. The van der Waals surface area contributed by atoms with Crippen molar-refractivity contribution in [2.45, 2.75) is 31.6 Å². The van der Waals surface area contributed by atoms with Gasteiger partial charge in [0.05, 0.1) is 5.56 Å². The molecular weight excluding hydrogens is 357 g/mol. The van der Waals surface area contributed by atoms with E-state index < -0.39 is 18.1 Å². The Balaban J connectivity index is 0.000000412. The maximum absolute atomic E-state index is 11.0. The Kier molecular flexibility index (Phi) is 7.13. The van der Waals surface area contributed by atoms with E-state index in [0.717, 1.165) is 24.9 Å². The number of carbonyl (C=O) groups is 3. The second-order valence-corrected chi connectivity index (χ2v) is 5.94. The van der Waals surface area contributed by atoms with Gasteiger partial charge in [0.25, 0.3) is 0 Å². The Labute approximate surface area is 147 Å². The van der Waals surface area contributed by atoms with Crippen LogP contribution in [0.1, 0.15) is 28.8 Å². The van der Waals surface area contributed by atoms with Crippen LogP contribution in [0.5, 0.6) is 0 Å². The van der Waals surface area contributed by atoms with Crippen LogP contribution in [-0.4, -0.2) is 52.2 Å². The van der Waals surface area contributed by atoms with E-state index in [1.807, 2.05) is 19.2 Å². The molecular formula is C16H19F3N2O5. The van der Waals surface area contributed by atoms with Crippen molar-refractivity contribution in [1.29, 1.82) is 0 Å². The molecule has 1 saturated carbocycles. The summed E-state index contributed by atoms with van der Waals surface area (Å²) in [6, 6.07) is 7.25. The van der Waals surface area contributed by atoms with E-state index >= 15 is 0 Å². The van der Waals surface area contributed by atoms with Gasteiger partial charge in [-0.25, -0.2) is 9.59 Å². The van der Waals surface area contributed by atoms with Crippen molar-refractivity contribution >= 4 is 17.8 Å². The minimum atomic E-state index is -5.08. The molecule has 1 amide bonds. The number of carboxylic acids is 2. The summed E-state index contributed by atoms with van der Waals surface area (Å²) in [5, 5.41) is 15.9. The molecule has 7 nitrogen and oxygen atoms in total. The summed E-state index contributed by atoms with van der Waals surface area (Å²) in [6.07, 6.45) is -3.45. The van der Waals surface area contributed by atoms with E-state index in [1.165, 1.54) is 0 Å². The van der Waals surface area contributed by atoms with Gasteiger partial charge >= 0.3 is 18.1 Å². The van der Waals surface area contributed by atoms with Crippen LogP contribution in [0.4, 0.5) is 13.2 Å². The topological polar surface area (TPSA) is 121 Å². The van der Waals surface area contributed by atoms with Gasteiger partial charge in [-0.05, 0) is 37.6 Å². The molecule has 144 valence electrons. The Bertz CT molecular complexity index is 655. The van der Waals surface area contributed by atoms with E-state index in [1.54, 1.807) is 12.1 Å². The maximum Gasteiger partial charge on any atom is 0.490 e. The van der Waals surface area contributed by atoms with Crippen LogP contribution in [0.25, 0.3) is 0 Å². The SMILES string of the molecule is CN(Cc1ccc(C(=O)O)cc1)C1CC(C(N)=O)C1.O=C(O)C(F)(F)F. The molecule has 0 bridgehead atoms. The molecule has 10 heteroatoms. The number of benzene rings is 1. The molecule has 1 aromatic rings. The highest BCUT2D eigenvalue weighted by molar-refractivity contribution is 5.87. The third-order valence-electron chi connectivity index (χ3n) is 4.01. The molecule has 0 radical (unpaired) electrons. The number of nitrogens with two attached hydrogens (primary N) is 1. The van der Waals surface area contributed by atoms with Gasteiger partial charge in [0.1, 0.15) is 0 Å². The molecule has 0 unspecified atom stereocenters. The minimum Gasteiger partial charge on any atom is -0.478 e. The Hall–Kier alpha value is -2.62. The van der Waals surface area contributed by atoms with Crippen molar-refractivity contribution in [1.82, 2.24) is 4.90 Å². The van der Waals surface area contributed by atoms with E-state index in [0.29, 0.717) is 11.6 Å². The fourth-order valence-electron chi connectivity index (χ4n) is 2.35. The monoisotopic (exact) mass is 376 g/mol. The zero-order chi connectivity index (χ0) is 20.1. The van der Waals surface area contributed by atoms with Crippen molar-refractivity contribution in [3.63, 3.8) is 0 Å². The molecule has 0 atom stereocenters. The lowest BCUT2D eigenvalue weighted by molar-refractivity contribution is -0.192. The minimum absolute atomic E-state index is 0.0156. The predicted octanol–water partition coefficient (Wildman–Crippen LogP) is 1.71. The van der Waals surface area contributed by atoms with E-state index in [-0.39, 0.29) is 11.8 Å². The number of aliphatic carboxylic acids is 1. The maximum atomic E-state index is 11.0. The molecule has 1 aliphatic carbocycles. The van der Waals surface area contributed by atoms with Crippen molar-refractivity contribution in [3.8, 4) is 0 Å². The third kappa shape index (κ3) is 6.36. The number of halogens is 3. The van der Waals surface area contributed by atoms with Crippen molar-refractivity contribution in [3.05, 3.63) is 35.4 Å². The molecule has 0 aliphatic heterocycles. The summed E-state index contributed by atoms with van der Waals surface area (Å²) in [5.74, 6) is -3.87. The van der Waals surface area contributed by atoms with Crippen molar-refractivity contribution < 1.29 is 37.8 Å². The first kappa shape index (κ1) is 21.4. The number of hydrogen-bond acceptors (Lipinski definition) is 4. The van der Waals surface area contributed by atoms with Gasteiger partial charge in [0, 0.05) is 18.5 Å². The number of aromatic carboxylic acids is 1. The Morgan fingerprint density at radius 2 is 1.62 bits per heavy atom. The third-order valence-corrected chi connectivity index (χ3v) is 4.01. The zero-order valence-corrected chi connectivity index (χ0v) is 13.9. The van der Waals surface area contributed by atoms with Gasteiger partial charge in [0.15, 0.2) is 0 Å². The molecule has 0 spiro atoms. The molecule has 1 aromatic carbocycles. The lowest BCUT2D eigenvalue weighted by atomic mass is 9.79. The average Bonchev–Trinajstić information content (AvgIpc) is 2.45. The fraction of sp³-hybridized carbons (Fsp3) is 0.438. The van der Waals surface area contributed by atoms with Gasteiger partial charge in [-0.3, -0.25) is 9.69 Å². The quantitative estimate of drug-likeness (QED) is 0.719. The first-order chi connectivity index (χ1) is 11.9. The molecule has 2 rings (SSSR count). The largest absolute Gasteiger partial charge is 0.490 e. The normalized spacial score (nSPS) is 19.1. The summed E-state index contributed by atoms with van der Waals surface area (Å²) in [6.45, 7) is 0.746. The highest BCUT2D eigenvalue weighted by atomic mass is 19.4. The van der Waals surface area contributed by atoms with Crippen molar-refractivity contribution in [2.75, 3.05) is 7.05 Å². The van der Waals surface area contributed by atoms with Crippen LogP contribution in [0, 0.1) is 5.92 Å². The van der Waals surface area contributed by atoms with Crippen LogP contribution >= 0.6 is 0 Å². The van der Waals surface area contributed by atoms with Crippen LogP contribution in [0.15, 0.2) is 24.3 Å². The number of amides is 1. The lowest BCUT2D eigenvalue weighted by Gasteiger charge is -2.39. The summed E-state index contributed by atoms with van der Waals surface area (Å²) in [4.78, 5) is 32.8. The highest BCUT2D eigenvalue weighted by Crippen LogP contribution is 2.31. The number of primary amides is 1. The smallest absolute Gasteiger partial charge is 0.478 e. The summed E-state index contributed by atoms with van der Waals surface area (Å²) in [5.41, 5.74) is 6.60. The average molecular weight is 376 g/mol. The van der Waals surface area contributed by atoms with Crippen LogP contribution in [-0.2, 0) is 16.1 Å². The number of alkyl halides is 3. The number of hydrogen-bond donors (Lipinski definition) is 3. The van der Waals surface area contributed by atoms with Crippen LogP contribution < -0.4 is 5.73 Å². The molecule has 0 saturated heterocycles. The first-order valence-corrected chi connectivity index (χ1v) is 7.53. The lowest BCUT2D eigenvalue weighted by Crippen LogP contribution is -2.46. The standard InChI is InChI=1S/C14H18N2O3.C2HF3O2/c1-16(12-6-11(7-12)13(15)17)8-9-2-4-10(5-3-9)14(18)19;3-2(4,5)1(6)7/h2-5,11-12H,6-8H2,1H3,(H2,15,17)(H,18,19);(H,6,7). The van der Waals surface area contributed by atoms with Crippen LogP contribution in [0.3, 0.4) is 0 Å². The van der Waals surface area contributed by atoms with E-state index in [9.17, 15) is 22.8 Å². The van der Waals surface area contributed by atoms with Gasteiger partial charge in [-0.1, -0.05) is 12.1 Å². The molecule has 26 heavy (non-hydrogen) atoms. The molecule has 0 aromatic heterocycles. The summed E-state index contributed by atoms with van der Waals surface area (Å²) >= 11 is 0. The van der Waals surface area contributed by atoms with E-state index in [2.05, 4.69) is 4.90 Å². The zero-order valence-electron chi connectivity index (χ0n) is 13.9. The Morgan fingerprint density at radius 1 is 1.15 bits per heavy atom. The summed E-state index contributed by atoms with van der Waals surface area (Å²) in [7, 11) is 2.01. The highest BCUT2D eigenvalue weighted by Gasteiger charge is 2.38. The Morgan fingerprint density at radius 3 is 1.96 bits per heavy atom. The second kappa shape index (κ2) is 8.65. The number of carboxylic acid groups (broad SMARTS) is 2. The number of nitrogens with zero attached hydrogens (tertiary/aromatic N) is 1. The van der Waals surface area contributed by atoms with Crippen molar-refractivity contribution in [2.24, 2.45) is 11.7 Å². The first-order valence-electron chi connectivity index (χ1n) is 7.53. The molecule has 4 N–H and O–H groups in total. The molecule has 1 aliphatic rings. The molecule has 0 heterocycles. The van der Waals surface area contributed by atoms with Crippen LogP contribution in [0.2, 0.25) is 0 Å². The number of rotatable bonds is 5. The van der Waals surface area contributed by atoms with Gasteiger partial charge < -0.3 is 15.9 Å². The van der Waals surface area contributed by atoms with Gasteiger partial charge in [-0.2, -0.15) is 13.2 Å². The predicted molar refractivity (Wildman–Crippen MR) is 84.3 cm³/mol. The van der Waals surface area contributed by atoms with E-state index in [4.69, 9.17) is 20.7 Å². The van der Waals surface area contributed by atoms with Gasteiger partial charge in [0.2, 0.25) is 5.91 Å².